The number of hydrogen-bond acceptors (Lipinski definition) is 2. The first-order valence-corrected chi connectivity index (χ1v) is 8.11. The maximum Gasteiger partial charge on any atom is 0.191 e. The van der Waals surface area contributed by atoms with Crippen molar-refractivity contribution in [3.8, 4) is 5.75 Å². The second-order valence-electron chi connectivity index (χ2n) is 5.31. The standard InChI is InChI=1S/C19H24FN3O/c1-3-21-19(23-14-16-8-4-5-10-18(16)20)22-12-11-15-7-6-9-17(13-15)24-2/h4-10,13H,3,11-12,14H2,1-2H3,(H2,21,22,23). The highest BCUT2D eigenvalue weighted by Crippen LogP contribution is 2.12. The SMILES string of the molecule is CCNC(=NCc1ccccc1F)NCCc1cccc(OC)c1. The van der Waals surface area contributed by atoms with E-state index in [0.717, 1.165) is 25.3 Å². The number of aliphatic imine (C=N–C) groups is 1. The number of nitrogens with zero attached hydrogens (tertiary/aromatic N) is 1. The molecule has 0 atom stereocenters. The van der Waals surface area contributed by atoms with E-state index >= 15 is 0 Å². The van der Waals surface area contributed by atoms with Gasteiger partial charge in [0.15, 0.2) is 5.96 Å². The van der Waals surface area contributed by atoms with Crippen LogP contribution in [0.2, 0.25) is 0 Å². The number of guanidine groups is 1. The zero-order valence-electron chi connectivity index (χ0n) is 14.2. The molecule has 0 aliphatic heterocycles. The van der Waals surface area contributed by atoms with Crippen molar-refractivity contribution in [1.29, 1.82) is 0 Å². The average molecular weight is 329 g/mol. The summed E-state index contributed by atoms with van der Waals surface area (Å²) in [5.74, 6) is 1.31. The van der Waals surface area contributed by atoms with Crippen LogP contribution in [0.4, 0.5) is 4.39 Å². The van der Waals surface area contributed by atoms with E-state index in [1.165, 1.54) is 11.6 Å². The summed E-state index contributed by atoms with van der Waals surface area (Å²) in [5.41, 5.74) is 1.77. The Labute approximate surface area is 142 Å². The lowest BCUT2D eigenvalue weighted by molar-refractivity contribution is 0.414. The molecule has 2 aromatic rings. The van der Waals surface area contributed by atoms with Crippen LogP contribution in [0, 0.1) is 5.82 Å². The van der Waals surface area contributed by atoms with Crippen LogP contribution >= 0.6 is 0 Å². The van der Waals surface area contributed by atoms with Crippen molar-refractivity contribution >= 4 is 5.96 Å². The molecule has 0 heterocycles. The molecule has 0 aliphatic rings. The van der Waals surface area contributed by atoms with Crippen molar-refractivity contribution in [2.24, 2.45) is 4.99 Å². The molecule has 4 nitrogen and oxygen atoms in total. The number of nitrogens with one attached hydrogen (secondary N) is 2. The molecule has 0 amide bonds. The van der Waals surface area contributed by atoms with Crippen molar-refractivity contribution in [3.63, 3.8) is 0 Å². The summed E-state index contributed by atoms with van der Waals surface area (Å²) >= 11 is 0. The van der Waals surface area contributed by atoms with Crippen LogP contribution in [0.1, 0.15) is 18.1 Å². The Kier molecular flexibility index (Phi) is 7.08. The summed E-state index contributed by atoms with van der Waals surface area (Å²) in [6.07, 6.45) is 0.849. The maximum atomic E-state index is 13.6. The molecule has 0 saturated heterocycles. The summed E-state index contributed by atoms with van der Waals surface area (Å²) in [6, 6.07) is 14.7. The fourth-order valence-electron chi connectivity index (χ4n) is 2.29. The van der Waals surface area contributed by atoms with Crippen LogP contribution in [-0.2, 0) is 13.0 Å². The molecule has 0 unspecified atom stereocenters. The minimum atomic E-state index is -0.228. The first kappa shape index (κ1) is 17.8. The molecule has 128 valence electrons. The predicted molar refractivity (Wildman–Crippen MR) is 95.9 cm³/mol. The Bertz CT molecular complexity index is 673. The van der Waals surface area contributed by atoms with E-state index in [2.05, 4.69) is 21.7 Å². The van der Waals surface area contributed by atoms with E-state index in [9.17, 15) is 4.39 Å². The minimum Gasteiger partial charge on any atom is -0.497 e. The number of methoxy groups -OCH3 is 1. The fraction of sp³-hybridized carbons (Fsp3) is 0.316. The van der Waals surface area contributed by atoms with Crippen molar-refractivity contribution in [1.82, 2.24) is 10.6 Å². The Balaban J connectivity index is 1.90. The average Bonchev–Trinajstić information content (AvgIpc) is 2.61. The maximum absolute atomic E-state index is 13.6. The third kappa shape index (κ3) is 5.57. The lowest BCUT2D eigenvalue weighted by Gasteiger charge is -2.12. The van der Waals surface area contributed by atoms with Gasteiger partial charge in [0.1, 0.15) is 11.6 Å². The van der Waals surface area contributed by atoms with Gasteiger partial charge < -0.3 is 15.4 Å². The van der Waals surface area contributed by atoms with Crippen molar-refractivity contribution in [2.75, 3.05) is 20.2 Å². The molecule has 0 radical (unpaired) electrons. The van der Waals surface area contributed by atoms with Gasteiger partial charge in [-0.15, -0.1) is 0 Å². The van der Waals surface area contributed by atoms with E-state index < -0.39 is 0 Å². The van der Waals surface area contributed by atoms with Gasteiger partial charge in [0.25, 0.3) is 0 Å². The lowest BCUT2D eigenvalue weighted by Crippen LogP contribution is -2.38. The highest BCUT2D eigenvalue weighted by molar-refractivity contribution is 5.79. The van der Waals surface area contributed by atoms with Gasteiger partial charge in [-0.1, -0.05) is 30.3 Å². The number of halogens is 1. The van der Waals surface area contributed by atoms with Gasteiger partial charge in [0.2, 0.25) is 0 Å². The number of ether oxygens (including phenoxy) is 1. The number of hydrogen-bond donors (Lipinski definition) is 2. The van der Waals surface area contributed by atoms with Crippen LogP contribution < -0.4 is 15.4 Å². The molecule has 0 bridgehead atoms. The smallest absolute Gasteiger partial charge is 0.191 e. The van der Waals surface area contributed by atoms with Crippen LogP contribution in [-0.4, -0.2) is 26.2 Å². The normalized spacial score (nSPS) is 11.2. The Hall–Kier alpha value is -2.56. The van der Waals surface area contributed by atoms with Gasteiger partial charge in [0, 0.05) is 18.7 Å². The zero-order valence-corrected chi connectivity index (χ0v) is 14.2. The molecule has 0 spiro atoms. The molecule has 0 aromatic heterocycles. The van der Waals surface area contributed by atoms with Gasteiger partial charge in [-0.25, -0.2) is 9.38 Å². The van der Waals surface area contributed by atoms with Crippen molar-refractivity contribution in [3.05, 3.63) is 65.5 Å². The van der Waals surface area contributed by atoms with Crippen LogP contribution in [0.25, 0.3) is 0 Å². The first-order chi connectivity index (χ1) is 11.7. The molecule has 2 rings (SSSR count). The second kappa shape index (κ2) is 9.55. The van der Waals surface area contributed by atoms with Gasteiger partial charge in [0.05, 0.1) is 13.7 Å². The Morgan fingerprint density at radius 2 is 1.96 bits per heavy atom. The lowest BCUT2D eigenvalue weighted by atomic mass is 10.1. The molecule has 5 heteroatoms. The third-order valence-corrected chi connectivity index (χ3v) is 3.55. The van der Waals surface area contributed by atoms with Crippen molar-refractivity contribution in [2.45, 2.75) is 19.9 Å². The molecule has 2 aromatic carbocycles. The highest BCUT2D eigenvalue weighted by atomic mass is 19.1. The summed E-state index contributed by atoms with van der Waals surface area (Å²) in [4.78, 5) is 4.44. The fourth-order valence-corrected chi connectivity index (χ4v) is 2.29. The minimum absolute atomic E-state index is 0.228. The summed E-state index contributed by atoms with van der Waals surface area (Å²) in [5, 5.41) is 6.44. The van der Waals surface area contributed by atoms with Crippen molar-refractivity contribution < 1.29 is 9.13 Å². The number of benzene rings is 2. The second-order valence-corrected chi connectivity index (χ2v) is 5.31. The van der Waals surface area contributed by atoms with E-state index in [0.29, 0.717) is 18.1 Å². The van der Waals surface area contributed by atoms with E-state index in [-0.39, 0.29) is 5.82 Å². The molecule has 0 saturated carbocycles. The molecular formula is C19H24FN3O. The summed E-state index contributed by atoms with van der Waals surface area (Å²) in [7, 11) is 1.66. The van der Waals surface area contributed by atoms with E-state index in [1.807, 2.05) is 31.2 Å². The summed E-state index contributed by atoms with van der Waals surface area (Å²) in [6.45, 7) is 3.79. The van der Waals surface area contributed by atoms with Gasteiger partial charge in [-0.2, -0.15) is 0 Å². The Morgan fingerprint density at radius 3 is 2.71 bits per heavy atom. The molecule has 2 N–H and O–H groups in total. The first-order valence-electron chi connectivity index (χ1n) is 8.11. The van der Waals surface area contributed by atoms with E-state index in [1.54, 1.807) is 19.2 Å². The molecule has 0 aliphatic carbocycles. The van der Waals surface area contributed by atoms with Gasteiger partial charge >= 0.3 is 0 Å². The van der Waals surface area contributed by atoms with Crippen LogP contribution in [0.5, 0.6) is 5.75 Å². The largest absolute Gasteiger partial charge is 0.497 e. The zero-order chi connectivity index (χ0) is 17.2. The van der Waals surface area contributed by atoms with Crippen LogP contribution in [0.15, 0.2) is 53.5 Å². The number of rotatable bonds is 7. The highest BCUT2D eigenvalue weighted by Gasteiger charge is 2.02. The molecule has 24 heavy (non-hydrogen) atoms. The Morgan fingerprint density at radius 1 is 1.12 bits per heavy atom. The topological polar surface area (TPSA) is 45.7 Å². The van der Waals surface area contributed by atoms with E-state index in [4.69, 9.17) is 4.74 Å². The monoisotopic (exact) mass is 329 g/mol. The van der Waals surface area contributed by atoms with Gasteiger partial charge in [-0.3, -0.25) is 0 Å². The quantitative estimate of drug-likeness (QED) is 0.606. The molecule has 0 fully saturated rings. The van der Waals surface area contributed by atoms with Gasteiger partial charge in [-0.05, 0) is 37.1 Å². The van der Waals surface area contributed by atoms with Crippen LogP contribution in [0.3, 0.4) is 0 Å². The molecular weight excluding hydrogens is 305 g/mol. The third-order valence-electron chi connectivity index (χ3n) is 3.55. The summed E-state index contributed by atoms with van der Waals surface area (Å²) < 4.78 is 18.9. The predicted octanol–water partition coefficient (Wildman–Crippen LogP) is 3.13.